The minimum atomic E-state index is 0.562. The molecule has 0 aromatic rings. The Labute approximate surface area is 122 Å². The zero-order valence-corrected chi connectivity index (χ0v) is 12.5. The van der Waals surface area contributed by atoms with Gasteiger partial charge in [0.2, 0.25) is 0 Å². The van der Waals surface area contributed by atoms with Crippen LogP contribution in [0.15, 0.2) is 21.1 Å². The number of hydrogen-bond acceptors (Lipinski definition) is 6. The van der Waals surface area contributed by atoms with Gasteiger partial charge in [0, 0.05) is 18.0 Å². The number of nitrogens with one attached hydrogen (secondary N) is 1. The molecule has 1 fully saturated rings. The number of hydrogen-bond donors (Lipinski definition) is 1. The highest BCUT2D eigenvalue weighted by Crippen LogP contribution is 2.41. The summed E-state index contributed by atoms with van der Waals surface area (Å²) in [6.07, 6.45) is 5.30. The number of fused-ring (bicyclic) bond motifs is 3. The number of thioether (sulfide) groups is 2. The SMILES string of the molecule is C1=C(CSC2=NCCN2)N2C(=NC3CCCCC32)S1. The number of aliphatic imine (C=N–C) groups is 2. The first-order chi connectivity index (χ1) is 9.42. The summed E-state index contributed by atoms with van der Waals surface area (Å²) in [5, 5.41) is 7.96. The van der Waals surface area contributed by atoms with Crippen LogP contribution in [0.25, 0.3) is 0 Å². The lowest BCUT2D eigenvalue weighted by atomic mass is 9.91. The molecular weight excluding hydrogens is 276 g/mol. The smallest absolute Gasteiger partial charge is 0.168 e. The average Bonchev–Trinajstić information content (AvgIpc) is 3.13. The largest absolute Gasteiger partial charge is 0.363 e. The topological polar surface area (TPSA) is 40.0 Å². The predicted molar refractivity (Wildman–Crippen MR) is 83.8 cm³/mol. The minimum absolute atomic E-state index is 0.562. The second kappa shape index (κ2) is 5.05. The van der Waals surface area contributed by atoms with Gasteiger partial charge in [-0.1, -0.05) is 36.4 Å². The van der Waals surface area contributed by atoms with Gasteiger partial charge in [-0.3, -0.25) is 9.98 Å². The summed E-state index contributed by atoms with van der Waals surface area (Å²) >= 11 is 3.64. The quantitative estimate of drug-likeness (QED) is 0.848. The van der Waals surface area contributed by atoms with Crippen LogP contribution < -0.4 is 5.32 Å². The molecule has 0 saturated heterocycles. The molecule has 2 atom stereocenters. The number of rotatable bonds is 2. The fourth-order valence-electron chi connectivity index (χ4n) is 3.21. The summed E-state index contributed by atoms with van der Waals surface area (Å²) < 4.78 is 0. The molecule has 0 aromatic heterocycles. The van der Waals surface area contributed by atoms with E-state index in [0.717, 1.165) is 24.0 Å². The lowest BCUT2D eigenvalue weighted by molar-refractivity contribution is 0.285. The van der Waals surface area contributed by atoms with Crippen molar-refractivity contribution in [1.82, 2.24) is 10.2 Å². The van der Waals surface area contributed by atoms with Crippen molar-refractivity contribution in [2.24, 2.45) is 9.98 Å². The van der Waals surface area contributed by atoms with Crippen molar-refractivity contribution in [2.75, 3.05) is 18.8 Å². The maximum Gasteiger partial charge on any atom is 0.168 e. The summed E-state index contributed by atoms with van der Waals surface area (Å²) in [6.45, 7) is 1.93. The molecule has 3 heterocycles. The van der Waals surface area contributed by atoms with E-state index in [1.165, 1.54) is 36.5 Å². The Kier molecular flexibility index (Phi) is 3.23. The third-order valence-corrected chi connectivity index (χ3v) is 6.01. The first-order valence-corrected chi connectivity index (χ1v) is 8.92. The third-order valence-electron chi connectivity index (χ3n) is 4.12. The van der Waals surface area contributed by atoms with Gasteiger partial charge in [-0.2, -0.15) is 0 Å². The Morgan fingerprint density at radius 1 is 1.42 bits per heavy atom. The summed E-state index contributed by atoms with van der Waals surface area (Å²) in [5.41, 5.74) is 1.43. The van der Waals surface area contributed by atoms with Crippen molar-refractivity contribution >= 4 is 33.9 Å². The summed E-state index contributed by atoms with van der Waals surface area (Å²) in [4.78, 5) is 11.9. The highest BCUT2D eigenvalue weighted by molar-refractivity contribution is 8.17. The van der Waals surface area contributed by atoms with E-state index in [0.29, 0.717) is 12.1 Å². The molecule has 6 heteroatoms. The molecule has 1 aliphatic carbocycles. The van der Waals surface area contributed by atoms with Gasteiger partial charge in [0.15, 0.2) is 10.3 Å². The number of amidine groups is 2. The molecule has 1 saturated carbocycles. The van der Waals surface area contributed by atoms with E-state index in [9.17, 15) is 0 Å². The zero-order valence-electron chi connectivity index (χ0n) is 10.8. The second-order valence-corrected chi connectivity index (χ2v) is 7.13. The van der Waals surface area contributed by atoms with E-state index in [1.54, 1.807) is 0 Å². The fraction of sp³-hybridized carbons (Fsp3) is 0.692. The Bertz CT molecular complexity index is 471. The lowest BCUT2D eigenvalue weighted by Crippen LogP contribution is -2.39. The van der Waals surface area contributed by atoms with Crippen molar-refractivity contribution in [3.05, 3.63) is 11.1 Å². The van der Waals surface area contributed by atoms with Crippen molar-refractivity contribution in [3.63, 3.8) is 0 Å². The van der Waals surface area contributed by atoms with Gasteiger partial charge in [-0.15, -0.1) is 0 Å². The molecular formula is C13H18N4S2. The zero-order chi connectivity index (χ0) is 12.7. The molecule has 3 aliphatic heterocycles. The third kappa shape index (κ3) is 2.18. The molecule has 4 rings (SSSR count). The minimum Gasteiger partial charge on any atom is -0.363 e. The fourth-order valence-corrected chi connectivity index (χ4v) is 5.21. The Hall–Kier alpha value is -0.620. The molecule has 0 amide bonds. The second-order valence-electron chi connectivity index (χ2n) is 5.33. The van der Waals surface area contributed by atoms with Gasteiger partial charge >= 0.3 is 0 Å². The molecule has 102 valence electrons. The van der Waals surface area contributed by atoms with E-state index >= 15 is 0 Å². The van der Waals surface area contributed by atoms with Crippen LogP contribution in [0.4, 0.5) is 0 Å². The van der Waals surface area contributed by atoms with E-state index in [-0.39, 0.29) is 0 Å². The number of nitrogens with zero attached hydrogens (tertiary/aromatic N) is 3. The van der Waals surface area contributed by atoms with Gasteiger partial charge in [-0.05, 0) is 18.2 Å². The van der Waals surface area contributed by atoms with Gasteiger partial charge in [0.1, 0.15) is 0 Å². The van der Waals surface area contributed by atoms with Gasteiger partial charge in [0.05, 0.1) is 18.6 Å². The molecule has 4 aliphatic rings. The molecule has 1 N–H and O–H groups in total. The van der Waals surface area contributed by atoms with Gasteiger partial charge in [0.25, 0.3) is 0 Å². The monoisotopic (exact) mass is 294 g/mol. The van der Waals surface area contributed by atoms with E-state index in [4.69, 9.17) is 4.99 Å². The molecule has 19 heavy (non-hydrogen) atoms. The highest BCUT2D eigenvalue weighted by Gasteiger charge is 2.41. The van der Waals surface area contributed by atoms with E-state index in [2.05, 4.69) is 20.6 Å². The van der Waals surface area contributed by atoms with Crippen LogP contribution in [0.3, 0.4) is 0 Å². The van der Waals surface area contributed by atoms with Crippen LogP contribution in [0.1, 0.15) is 25.7 Å². The summed E-state index contributed by atoms with van der Waals surface area (Å²) in [7, 11) is 0. The first kappa shape index (κ1) is 12.1. The first-order valence-electron chi connectivity index (χ1n) is 7.06. The standard InChI is InChI=1S/C13H18N4S2/c1-2-4-11-10(3-1)16-13-17(11)9(8-19-13)7-18-12-14-5-6-15-12/h8,10-11H,1-7H2,(H,14,15). The van der Waals surface area contributed by atoms with Crippen LogP contribution in [0, 0.1) is 0 Å². The van der Waals surface area contributed by atoms with Crippen LogP contribution in [-0.4, -0.2) is 46.2 Å². The molecule has 0 aromatic carbocycles. The van der Waals surface area contributed by atoms with Crippen LogP contribution in [-0.2, 0) is 0 Å². The Morgan fingerprint density at radius 2 is 2.37 bits per heavy atom. The van der Waals surface area contributed by atoms with Crippen molar-refractivity contribution in [1.29, 1.82) is 0 Å². The van der Waals surface area contributed by atoms with Crippen LogP contribution >= 0.6 is 23.5 Å². The maximum atomic E-state index is 4.90. The Balaban J connectivity index is 1.44. The molecule has 0 bridgehead atoms. The Morgan fingerprint density at radius 3 is 3.26 bits per heavy atom. The van der Waals surface area contributed by atoms with Crippen molar-refractivity contribution in [2.45, 2.75) is 37.8 Å². The van der Waals surface area contributed by atoms with Crippen LogP contribution in [0.2, 0.25) is 0 Å². The van der Waals surface area contributed by atoms with E-state index < -0.39 is 0 Å². The molecule has 0 spiro atoms. The van der Waals surface area contributed by atoms with Gasteiger partial charge < -0.3 is 10.2 Å². The molecule has 4 nitrogen and oxygen atoms in total. The summed E-state index contributed by atoms with van der Waals surface area (Å²) in [5.74, 6) is 1.01. The highest BCUT2D eigenvalue weighted by atomic mass is 32.2. The predicted octanol–water partition coefficient (Wildman–Crippen LogP) is 2.25. The lowest BCUT2D eigenvalue weighted by Gasteiger charge is -2.31. The maximum absolute atomic E-state index is 4.90. The molecule has 2 unspecified atom stereocenters. The van der Waals surface area contributed by atoms with E-state index in [1.807, 2.05) is 23.5 Å². The average molecular weight is 294 g/mol. The van der Waals surface area contributed by atoms with Crippen molar-refractivity contribution < 1.29 is 0 Å². The molecule has 0 radical (unpaired) electrons. The normalized spacial score (nSPS) is 32.4. The van der Waals surface area contributed by atoms with Crippen LogP contribution in [0.5, 0.6) is 0 Å². The van der Waals surface area contributed by atoms with Gasteiger partial charge in [-0.25, -0.2) is 0 Å². The summed E-state index contributed by atoms with van der Waals surface area (Å²) in [6, 6.07) is 1.20. The van der Waals surface area contributed by atoms with Crippen molar-refractivity contribution in [3.8, 4) is 0 Å².